The summed E-state index contributed by atoms with van der Waals surface area (Å²) in [6.07, 6.45) is 10.7. The molecule has 0 aliphatic heterocycles. The van der Waals surface area contributed by atoms with Gasteiger partial charge >= 0.3 is 0 Å². The lowest BCUT2D eigenvalue weighted by Gasteiger charge is -2.18. The van der Waals surface area contributed by atoms with E-state index in [1.54, 1.807) is 0 Å². The monoisotopic (exact) mass is 264 g/mol. The summed E-state index contributed by atoms with van der Waals surface area (Å²) in [5.74, 6) is 0.848. The fourth-order valence-corrected chi connectivity index (χ4v) is 3.39. The molecule has 1 aromatic carbocycles. The van der Waals surface area contributed by atoms with Crippen LogP contribution in [0.15, 0.2) is 24.3 Å². The fraction of sp³-hybridized carbons (Fsp3) is 0.647. The van der Waals surface area contributed by atoms with Crippen molar-refractivity contribution in [3.8, 4) is 0 Å². The maximum Gasteiger partial charge on any atom is 0.0587 e. The standard InChI is InChI=1S/C17H25Cl/c1-2-14-9-11-16(12-10-14)17(18)13-15-7-5-3-4-6-8-15/h9-12,15,17H,2-8,13H2,1H3. The highest BCUT2D eigenvalue weighted by molar-refractivity contribution is 6.20. The van der Waals surface area contributed by atoms with Crippen LogP contribution in [0.25, 0.3) is 0 Å². The molecule has 0 heterocycles. The maximum absolute atomic E-state index is 6.59. The average molecular weight is 265 g/mol. The molecule has 1 aliphatic carbocycles. The van der Waals surface area contributed by atoms with Crippen molar-refractivity contribution in [2.75, 3.05) is 0 Å². The summed E-state index contributed by atoms with van der Waals surface area (Å²) in [5, 5.41) is 0.207. The van der Waals surface area contributed by atoms with E-state index < -0.39 is 0 Å². The Hall–Kier alpha value is -0.490. The van der Waals surface area contributed by atoms with Gasteiger partial charge in [0.15, 0.2) is 0 Å². The van der Waals surface area contributed by atoms with E-state index in [-0.39, 0.29) is 5.38 Å². The molecule has 0 spiro atoms. The molecular weight excluding hydrogens is 240 g/mol. The second-order valence-electron chi connectivity index (χ2n) is 5.66. The van der Waals surface area contributed by atoms with Crippen molar-refractivity contribution in [1.82, 2.24) is 0 Å². The van der Waals surface area contributed by atoms with E-state index in [2.05, 4.69) is 31.2 Å². The van der Waals surface area contributed by atoms with Gasteiger partial charge in [-0.1, -0.05) is 69.7 Å². The third kappa shape index (κ3) is 4.02. The Morgan fingerprint density at radius 1 is 1.06 bits per heavy atom. The van der Waals surface area contributed by atoms with Gasteiger partial charge in [-0.25, -0.2) is 0 Å². The number of hydrogen-bond donors (Lipinski definition) is 0. The molecule has 0 N–H and O–H groups in total. The predicted octanol–water partition coefficient (Wildman–Crippen LogP) is 5.89. The van der Waals surface area contributed by atoms with Crippen LogP contribution in [0, 0.1) is 5.92 Å². The first kappa shape index (κ1) is 13.9. The van der Waals surface area contributed by atoms with Crippen molar-refractivity contribution in [3.05, 3.63) is 35.4 Å². The molecule has 1 unspecified atom stereocenters. The summed E-state index contributed by atoms with van der Waals surface area (Å²) in [6.45, 7) is 2.19. The minimum atomic E-state index is 0.207. The minimum Gasteiger partial charge on any atom is -0.118 e. The Bertz CT molecular complexity index is 333. The molecule has 0 nitrogen and oxygen atoms in total. The van der Waals surface area contributed by atoms with Crippen molar-refractivity contribution < 1.29 is 0 Å². The quantitative estimate of drug-likeness (QED) is 0.470. The van der Waals surface area contributed by atoms with Gasteiger partial charge in [-0.2, -0.15) is 0 Å². The molecule has 0 amide bonds. The highest BCUT2D eigenvalue weighted by Gasteiger charge is 2.17. The molecule has 1 fully saturated rings. The number of alkyl halides is 1. The fourth-order valence-electron chi connectivity index (χ4n) is 2.99. The van der Waals surface area contributed by atoms with Crippen LogP contribution in [0.3, 0.4) is 0 Å². The molecule has 1 saturated carbocycles. The van der Waals surface area contributed by atoms with Crippen molar-refractivity contribution in [2.24, 2.45) is 5.92 Å². The molecule has 0 radical (unpaired) electrons. The molecule has 1 aliphatic rings. The Kier molecular flexibility index (Phi) is 5.56. The summed E-state index contributed by atoms with van der Waals surface area (Å²) in [5.41, 5.74) is 2.70. The van der Waals surface area contributed by atoms with E-state index >= 15 is 0 Å². The zero-order chi connectivity index (χ0) is 12.8. The number of hydrogen-bond acceptors (Lipinski definition) is 0. The molecule has 0 saturated heterocycles. The van der Waals surface area contributed by atoms with Crippen LogP contribution in [0.1, 0.15) is 68.4 Å². The van der Waals surface area contributed by atoms with Crippen LogP contribution in [0.2, 0.25) is 0 Å². The van der Waals surface area contributed by atoms with Crippen molar-refractivity contribution >= 4 is 11.6 Å². The van der Waals surface area contributed by atoms with Gasteiger partial charge in [0.05, 0.1) is 5.38 Å². The van der Waals surface area contributed by atoms with Crippen LogP contribution in [0.5, 0.6) is 0 Å². The van der Waals surface area contributed by atoms with Crippen molar-refractivity contribution in [1.29, 1.82) is 0 Å². The Labute approximate surface area is 117 Å². The zero-order valence-corrected chi connectivity index (χ0v) is 12.3. The number of halogens is 1. The van der Waals surface area contributed by atoms with Gasteiger partial charge in [-0.05, 0) is 29.9 Å². The smallest absolute Gasteiger partial charge is 0.0587 e. The summed E-state index contributed by atoms with van der Waals surface area (Å²) in [4.78, 5) is 0. The molecule has 1 aromatic rings. The minimum absolute atomic E-state index is 0.207. The molecule has 2 rings (SSSR count). The highest BCUT2D eigenvalue weighted by atomic mass is 35.5. The first-order chi connectivity index (χ1) is 8.79. The van der Waals surface area contributed by atoms with Gasteiger partial charge in [0.2, 0.25) is 0 Å². The number of benzene rings is 1. The van der Waals surface area contributed by atoms with Gasteiger partial charge in [-0.3, -0.25) is 0 Å². The van der Waals surface area contributed by atoms with Crippen LogP contribution in [0.4, 0.5) is 0 Å². The Balaban J connectivity index is 1.90. The number of rotatable bonds is 4. The van der Waals surface area contributed by atoms with E-state index in [1.807, 2.05) is 0 Å². The number of aryl methyl sites for hydroxylation is 1. The molecular formula is C17H25Cl. The zero-order valence-electron chi connectivity index (χ0n) is 11.5. The van der Waals surface area contributed by atoms with Crippen LogP contribution < -0.4 is 0 Å². The first-order valence-corrected chi connectivity index (χ1v) is 7.96. The van der Waals surface area contributed by atoms with Crippen LogP contribution in [-0.2, 0) is 6.42 Å². The second kappa shape index (κ2) is 7.19. The molecule has 1 atom stereocenters. The van der Waals surface area contributed by atoms with Gasteiger partial charge in [0, 0.05) is 0 Å². The SMILES string of the molecule is CCc1ccc(C(Cl)CC2CCCCCC2)cc1. The average Bonchev–Trinajstić information content (AvgIpc) is 2.67. The largest absolute Gasteiger partial charge is 0.118 e. The lowest BCUT2D eigenvalue weighted by atomic mass is 9.92. The van der Waals surface area contributed by atoms with Gasteiger partial charge in [0.1, 0.15) is 0 Å². The molecule has 0 bridgehead atoms. The predicted molar refractivity (Wildman–Crippen MR) is 80.2 cm³/mol. The molecule has 1 heteroatoms. The van der Waals surface area contributed by atoms with Crippen LogP contribution in [-0.4, -0.2) is 0 Å². The summed E-state index contributed by atoms with van der Waals surface area (Å²) in [7, 11) is 0. The summed E-state index contributed by atoms with van der Waals surface area (Å²) >= 11 is 6.59. The van der Waals surface area contributed by atoms with Gasteiger partial charge in [-0.15, -0.1) is 11.6 Å². The third-order valence-electron chi connectivity index (χ3n) is 4.26. The second-order valence-corrected chi connectivity index (χ2v) is 6.18. The van der Waals surface area contributed by atoms with Crippen LogP contribution >= 0.6 is 11.6 Å². The van der Waals surface area contributed by atoms with Gasteiger partial charge in [0.25, 0.3) is 0 Å². The lowest BCUT2D eigenvalue weighted by molar-refractivity contribution is 0.423. The Morgan fingerprint density at radius 3 is 2.22 bits per heavy atom. The molecule has 100 valence electrons. The third-order valence-corrected chi connectivity index (χ3v) is 4.69. The molecule has 18 heavy (non-hydrogen) atoms. The van der Waals surface area contributed by atoms with E-state index in [0.29, 0.717) is 0 Å². The normalized spacial score (nSPS) is 19.4. The summed E-state index contributed by atoms with van der Waals surface area (Å²) < 4.78 is 0. The van der Waals surface area contributed by atoms with Crippen molar-refractivity contribution in [2.45, 2.75) is 63.7 Å². The van der Waals surface area contributed by atoms with E-state index in [0.717, 1.165) is 18.8 Å². The topological polar surface area (TPSA) is 0 Å². The van der Waals surface area contributed by atoms with E-state index in [9.17, 15) is 0 Å². The van der Waals surface area contributed by atoms with Gasteiger partial charge < -0.3 is 0 Å². The highest BCUT2D eigenvalue weighted by Crippen LogP contribution is 2.34. The Morgan fingerprint density at radius 2 is 1.67 bits per heavy atom. The lowest BCUT2D eigenvalue weighted by Crippen LogP contribution is -2.03. The van der Waals surface area contributed by atoms with E-state index in [1.165, 1.54) is 49.7 Å². The summed E-state index contributed by atoms with van der Waals surface area (Å²) in [6, 6.07) is 8.87. The van der Waals surface area contributed by atoms with Crippen molar-refractivity contribution in [3.63, 3.8) is 0 Å². The first-order valence-electron chi connectivity index (χ1n) is 7.52. The maximum atomic E-state index is 6.59. The molecule has 0 aromatic heterocycles. The van der Waals surface area contributed by atoms with E-state index in [4.69, 9.17) is 11.6 Å².